The molecule has 0 aliphatic carbocycles. The zero-order valence-electron chi connectivity index (χ0n) is 20.1. The number of amides is 2. The van der Waals surface area contributed by atoms with Gasteiger partial charge < -0.3 is 0 Å². The van der Waals surface area contributed by atoms with Crippen LogP contribution >= 0.6 is 0 Å². The van der Waals surface area contributed by atoms with Crippen LogP contribution in [0.2, 0.25) is 0 Å². The molecule has 0 radical (unpaired) electrons. The number of hydrogen-bond acceptors (Lipinski definition) is 4. The molecule has 0 bridgehead atoms. The van der Waals surface area contributed by atoms with Gasteiger partial charge in [0.1, 0.15) is 0 Å². The van der Waals surface area contributed by atoms with E-state index >= 15 is 0 Å². The minimum atomic E-state index is -0.260. The molecule has 0 saturated carbocycles. The van der Waals surface area contributed by atoms with E-state index in [2.05, 4.69) is 79.5 Å². The molecule has 1 fully saturated rings. The van der Waals surface area contributed by atoms with Crippen LogP contribution in [0.5, 0.6) is 0 Å². The SMILES string of the molecule is CC(C)(C)CN1C(=O)CC(C(C)(C)CCC(C)(C)n2cc(C(C)(C)C)nn2)C1=O. The standard InChI is InChI=1S/C23H40N4O2/c1-20(2,3)15-26-18(28)13-16(19(26)29)22(7,8)11-12-23(9,10)27-14-17(24-25-27)21(4,5)6/h14,16H,11-13,15H2,1-10H3. The number of imide groups is 1. The van der Waals surface area contributed by atoms with Crippen molar-refractivity contribution in [2.45, 2.75) is 99.5 Å². The van der Waals surface area contributed by atoms with E-state index in [0.29, 0.717) is 13.0 Å². The van der Waals surface area contributed by atoms with E-state index in [0.717, 1.165) is 18.5 Å². The predicted molar refractivity (Wildman–Crippen MR) is 115 cm³/mol. The molecule has 2 amide bonds. The van der Waals surface area contributed by atoms with Crippen molar-refractivity contribution in [2.75, 3.05) is 6.54 Å². The Morgan fingerprint density at radius 3 is 2.03 bits per heavy atom. The van der Waals surface area contributed by atoms with Gasteiger partial charge in [0.15, 0.2) is 0 Å². The fourth-order valence-electron chi connectivity index (χ4n) is 3.75. The van der Waals surface area contributed by atoms with Crippen LogP contribution in [0.4, 0.5) is 0 Å². The Bertz CT molecular complexity index is 763. The molecule has 6 nitrogen and oxygen atoms in total. The van der Waals surface area contributed by atoms with Crippen LogP contribution in [0.25, 0.3) is 0 Å². The molecular weight excluding hydrogens is 364 g/mol. The Labute approximate surface area is 176 Å². The highest BCUT2D eigenvalue weighted by molar-refractivity contribution is 6.03. The van der Waals surface area contributed by atoms with Gasteiger partial charge in [-0.15, -0.1) is 5.10 Å². The molecule has 6 heteroatoms. The van der Waals surface area contributed by atoms with E-state index in [-0.39, 0.29) is 39.5 Å². The van der Waals surface area contributed by atoms with E-state index < -0.39 is 0 Å². The second-order valence-corrected chi connectivity index (χ2v) is 12.2. The zero-order valence-corrected chi connectivity index (χ0v) is 20.1. The average molecular weight is 405 g/mol. The smallest absolute Gasteiger partial charge is 0.233 e. The maximum Gasteiger partial charge on any atom is 0.233 e. The Morgan fingerprint density at radius 1 is 0.966 bits per heavy atom. The molecule has 0 N–H and O–H groups in total. The van der Waals surface area contributed by atoms with Crippen molar-refractivity contribution in [1.82, 2.24) is 19.9 Å². The molecule has 1 atom stereocenters. The number of carbonyl (C=O) groups is 2. The molecule has 0 aromatic carbocycles. The lowest BCUT2D eigenvalue weighted by molar-refractivity contribution is -0.142. The van der Waals surface area contributed by atoms with Crippen molar-refractivity contribution in [3.8, 4) is 0 Å². The summed E-state index contributed by atoms with van der Waals surface area (Å²) in [7, 11) is 0. The van der Waals surface area contributed by atoms with E-state index in [1.165, 1.54) is 4.90 Å². The van der Waals surface area contributed by atoms with Gasteiger partial charge in [-0.1, -0.05) is 60.6 Å². The lowest BCUT2D eigenvalue weighted by Gasteiger charge is -2.34. The first-order valence-corrected chi connectivity index (χ1v) is 10.7. The quantitative estimate of drug-likeness (QED) is 0.653. The molecule has 164 valence electrons. The van der Waals surface area contributed by atoms with Crippen LogP contribution in [0.1, 0.15) is 94.2 Å². The minimum Gasteiger partial charge on any atom is -0.282 e. The second kappa shape index (κ2) is 7.51. The van der Waals surface area contributed by atoms with Gasteiger partial charge in [-0.05, 0) is 37.5 Å². The van der Waals surface area contributed by atoms with Crippen molar-refractivity contribution in [3.05, 3.63) is 11.9 Å². The Hall–Kier alpha value is -1.72. The molecule has 2 rings (SSSR count). The van der Waals surface area contributed by atoms with Crippen molar-refractivity contribution in [2.24, 2.45) is 16.7 Å². The van der Waals surface area contributed by atoms with E-state index in [1.807, 2.05) is 10.9 Å². The largest absolute Gasteiger partial charge is 0.282 e. The van der Waals surface area contributed by atoms with E-state index in [1.54, 1.807) is 0 Å². The van der Waals surface area contributed by atoms with Gasteiger partial charge in [0.05, 0.1) is 17.2 Å². The number of likely N-dealkylation sites (tertiary alicyclic amines) is 1. The van der Waals surface area contributed by atoms with Crippen LogP contribution < -0.4 is 0 Å². The van der Waals surface area contributed by atoms with Crippen LogP contribution in [0.15, 0.2) is 6.20 Å². The van der Waals surface area contributed by atoms with Crippen molar-refractivity contribution < 1.29 is 9.59 Å². The first kappa shape index (κ1) is 23.6. The second-order valence-electron chi connectivity index (χ2n) is 12.2. The molecule has 29 heavy (non-hydrogen) atoms. The van der Waals surface area contributed by atoms with Gasteiger partial charge in [0.2, 0.25) is 11.8 Å². The summed E-state index contributed by atoms with van der Waals surface area (Å²) in [6, 6.07) is 0. The summed E-state index contributed by atoms with van der Waals surface area (Å²) >= 11 is 0. The van der Waals surface area contributed by atoms with Gasteiger partial charge in [-0.3, -0.25) is 14.5 Å². The molecule has 1 aromatic rings. The van der Waals surface area contributed by atoms with Crippen molar-refractivity contribution in [1.29, 1.82) is 0 Å². The first-order chi connectivity index (χ1) is 12.9. The first-order valence-electron chi connectivity index (χ1n) is 10.7. The monoisotopic (exact) mass is 404 g/mol. The highest BCUT2D eigenvalue weighted by atomic mass is 16.2. The maximum absolute atomic E-state index is 13.0. The molecule has 1 unspecified atom stereocenters. The summed E-state index contributed by atoms with van der Waals surface area (Å²) in [5.41, 5.74) is 0.360. The van der Waals surface area contributed by atoms with Crippen LogP contribution in [0.3, 0.4) is 0 Å². The lowest BCUT2D eigenvalue weighted by Crippen LogP contribution is -2.40. The molecule has 0 spiro atoms. The highest BCUT2D eigenvalue weighted by Crippen LogP contribution is 2.42. The Morgan fingerprint density at radius 2 is 1.55 bits per heavy atom. The molecule has 2 heterocycles. The summed E-state index contributed by atoms with van der Waals surface area (Å²) in [4.78, 5) is 27.0. The van der Waals surface area contributed by atoms with Gasteiger partial charge >= 0.3 is 0 Å². The number of aromatic nitrogens is 3. The van der Waals surface area contributed by atoms with Crippen molar-refractivity contribution in [3.63, 3.8) is 0 Å². The summed E-state index contributed by atoms with van der Waals surface area (Å²) in [6.07, 6.45) is 4.03. The van der Waals surface area contributed by atoms with Crippen molar-refractivity contribution >= 4 is 11.8 Å². The third-order valence-electron chi connectivity index (χ3n) is 6.08. The number of hydrogen-bond donors (Lipinski definition) is 0. The third kappa shape index (κ3) is 5.46. The van der Waals surface area contributed by atoms with E-state index in [4.69, 9.17) is 0 Å². The summed E-state index contributed by atoms with van der Waals surface area (Å²) < 4.78 is 1.94. The summed E-state index contributed by atoms with van der Waals surface area (Å²) in [6.45, 7) is 21.6. The summed E-state index contributed by atoms with van der Waals surface area (Å²) in [5, 5.41) is 8.72. The van der Waals surface area contributed by atoms with Crippen LogP contribution in [-0.4, -0.2) is 38.3 Å². The normalized spacial score (nSPS) is 19.4. The van der Waals surface area contributed by atoms with Crippen LogP contribution in [-0.2, 0) is 20.5 Å². The molecule has 1 aliphatic heterocycles. The lowest BCUT2D eigenvalue weighted by atomic mass is 9.72. The van der Waals surface area contributed by atoms with Gasteiger partial charge in [0.25, 0.3) is 0 Å². The summed E-state index contributed by atoms with van der Waals surface area (Å²) in [5.74, 6) is -0.300. The zero-order chi connectivity index (χ0) is 22.4. The van der Waals surface area contributed by atoms with Gasteiger partial charge in [0, 0.05) is 24.6 Å². The van der Waals surface area contributed by atoms with Gasteiger partial charge in [-0.25, -0.2) is 4.68 Å². The number of carbonyl (C=O) groups excluding carboxylic acids is 2. The molecular formula is C23H40N4O2. The van der Waals surface area contributed by atoms with Crippen LogP contribution in [0, 0.1) is 16.7 Å². The third-order valence-corrected chi connectivity index (χ3v) is 6.08. The van der Waals surface area contributed by atoms with E-state index in [9.17, 15) is 9.59 Å². The molecule has 1 saturated heterocycles. The number of nitrogens with zero attached hydrogens (tertiary/aromatic N) is 4. The fraction of sp³-hybridized carbons (Fsp3) is 0.826. The van der Waals surface area contributed by atoms with Gasteiger partial charge in [-0.2, -0.15) is 0 Å². The average Bonchev–Trinajstić information content (AvgIpc) is 3.14. The minimum absolute atomic E-state index is 0.0106. The fourth-order valence-corrected chi connectivity index (χ4v) is 3.75. The topological polar surface area (TPSA) is 68.1 Å². The Kier molecular flexibility index (Phi) is 6.10. The Balaban J connectivity index is 2.10. The molecule has 1 aliphatic rings. The molecule has 1 aromatic heterocycles. The highest BCUT2D eigenvalue weighted by Gasteiger charge is 2.47. The maximum atomic E-state index is 13.0. The number of rotatable bonds is 6. The predicted octanol–water partition coefficient (Wildman–Crippen LogP) is 4.54.